The van der Waals surface area contributed by atoms with Crippen LogP contribution in [0.1, 0.15) is 80.5 Å². The molecule has 2 fully saturated rings. The van der Waals surface area contributed by atoms with Crippen molar-refractivity contribution in [3.8, 4) is 0 Å². The Kier molecular flexibility index (Phi) is 6.63. The quantitative estimate of drug-likeness (QED) is 0.700. The lowest BCUT2D eigenvalue weighted by molar-refractivity contribution is -0.141. The second-order valence-corrected chi connectivity index (χ2v) is 9.62. The number of primary amides is 1. The van der Waals surface area contributed by atoms with Crippen LogP contribution < -0.4 is 11.1 Å². The molecule has 1 saturated heterocycles. The molecule has 1 aliphatic carbocycles. The van der Waals surface area contributed by atoms with Gasteiger partial charge in [0.15, 0.2) is 0 Å². The van der Waals surface area contributed by atoms with E-state index >= 15 is 0 Å². The number of hydrogen-bond donors (Lipinski definition) is 2. The molecule has 3 amide bonds. The molecule has 2 heterocycles. The third-order valence-corrected chi connectivity index (χ3v) is 6.04. The van der Waals surface area contributed by atoms with E-state index in [1.807, 2.05) is 0 Å². The molecule has 1 aliphatic heterocycles. The SMILES string of the molecule is CC(C)(C)OC(=O)N1CCC(NC(=O)c2ccc(C(F)(F)F)nc2C2CCC2)(C(N)=O)CC1. The van der Waals surface area contributed by atoms with Gasteiger partial charge in [-0.25, -0.2) is 9.78 Å². The van der Waals surface area contributed by atoms with Crippen molar-refractivity contribution < 1.29 is 32.3 Å². The number of nitrogens with two attached hydrogens (primary N) is 1. The number of nitrogens with zero attached hydrogens (tertiary/aromatic N) is 2. The van der Waals surface area contributed by atoms with E-state index < -0.39 is 40.9 Å². The zero-order valence-corrected chi connectivity index (χ0v) is 18.9. The minimum absolute atomic E-state index is 0.00268. The summed E-state index contributed by atoms with van der Waals surface area (Å²) in [6.07, 6.45) is -2.93. The fraction of sp³-hybridized carbons (Fsp3) is 0.636. The number of likely N-dealkylation sites (tertiary alicyclic amines) is 1. The first-order valence-corrected chi connectivity index (χ1v) is 10.9. The van der Waals surface area contributed by atoms with E-state index in [-0.39, 0.29) is 43.1 Å². The molecule has 8 nitrogen and oxygen atoms in total. The van der Waals surface area contributed by atoms with Crippen molar-refractivity contribution in [3.63, 3.8) is 0 Å². The first-order chi connectivity index (χ1) is 15.2. The van der Waals surface area contributed by atoms with E-state index in [4.69, 9.17) is 10.5 Å². The van der Waals surface area contributed by atoms with Crippen LogP contribution in [0.2, 0.25) is 0 Å². The van der Waals surface area contributed by atoms with Gasteiger partial charge in [-0.15, -0.1) is 0 Å². The minimum Gasteiger partial charge on any atom is -0.444 e. The molecule has 0 aromatic carbocycles. The summed E-state index contributed by atoms with van der Waals surface area (Å²) < 4.78 is 44.8. The highest BCUT2D eigenvalue weighted by molar-refractivity contribution is 6.00. The average Bonchev–Trinajstić information content (AvgIpc) is 2.64. The summed E-state index contributed by atoms with van der Waals surface area (Å²) in [4.78, 5) is 42.9. The van der Waals surface area contributed by atoms with Gasteiger partial charge < -0.3 is 20.7 Å². The molecule has 3 rings (SSSR count). The third-order valence-electron chi connectivity index (χ3n) is 6.04. The van der Waals surface area contributed by atoms with Gasteiger partial charge in [0.2, 0.25) is 5.91 Å². The Balaban J connectivity index is 1.79. The summed E-state index contributed by atoms with van der Waals surface area (Å²) in [5.74, 6) is -1.72. The topological polar surface area (TPSA) is 115 Å². The molecule has 0 spiro atoms. The number of amides is 3. The van der Waals surface area contributed by atoms with Crippen LogP contribution in [-0.4, -0.2) is 52.0 Å². The summed E-state index contributed by atoms with van der Waals surface area (Å²) in [5.41, 5.74) is 2.52. The Morgan fingerprint density at radius 1 is 1.15 bits per heavy atom. The van der Waals surface area contributed by atoms with Gasteiger partial charge >= 0.3 is 12.3 Å². The van der Waals surface area contributed by atoms with Crippen molar-refractivity contribution in [3.05, 3.63) is 29.1 Å². The second-order valence-electron chi connectivity index (χ2n) is 9.62. The molecule has 0 unspecified atom stereocenters. The Morgan fingerprint density at radius 2 is 1.76 bits per heavy atom. The van der Waals surface area contributed by atoms with Crippen molar-refractivity contribution in [1.29, 1.82) is 0 Å². The van der Waals surface area contributed by atoms with E-state index in [2.05, 4.69) is 10.3 Å². The van der Waals surface area contributed by atoms with Crippen LogP contribution in [0.5, 0.6) is 0 Å². The zero-order valence-electron chi connectivity index (χ0n) is 18.9. The fourth-order valence-electron chi connectivity index (χ4n) is 3.93. The standard InChI is InChI=1S/C22H29F3N4O4/c1-20(2,3)33-19(32)29-11-9-21(10-12-29,18(26)31)28-17(30)14-7-8-15(22(23,24)25)27-16(14)13-5-4-6-13/h7-8,13H,4-6,9-12H2,1-3H3,(H2,26,31)(H,28,30). The molecule has 0 atom stereocenters. The Labute approximate surface area is 190 Å². The maximum Gasteiger partial charge on any atom is 0.433 e. The van der Waals surface area contributed by atoms with E-state index in [1.54, 1.807) is 20.8 Å². The Morgan fingerprint density at radius 3 is 2.21 bits per heavy atom. The summed E-state index contributed by atoms with van der Waals surface area (Å²) in [5, 5.41) is 2.64. The van der Waals surface area contributed by atoms with Crippen LogP contribution in [0.15, 0.2) is 12.1 Å². The fourth-order valence-corrected chi connectivity index (χ4v) is 3.93. The molecule has 3 N–H and O–H groups in total. The molecule has 1 aromatic heterocycles. The third kappa shape index (κ3) is 5.56. The number of pyridine rings is 1. The molecular formula is C22H29F3N4O4. The summed E-state index contributed by atoms with van der Waals surface area (Å²) in [6.45, 7) is 5.46. The number of nitrogens with one attached hydrogen (secondary N) is 1. The molecular weight excluding hydrogens is 441 g/mol. The number of ether oxygens (including phenoxy) is 1. The van der Waals surface area contributed by atoms with Crippen LogP contribution in [0, 0.1) is 0 Å². The number of carbonyl (C=O) groups is 3. The normalized spacial score (nSPS) is 18.9. The van der Waals surface area contributed by atoms with Gasteiger partial charge in [0.25, 0.3) is 5.91 Å². The van der Waals surface area contributed by atoms with E-state index in [9.17, 15) is 27.6 Å². The second kappa shape index (κ2) is 8.83. The van der Waals surface area contributed by atoms with Crippen molar-refractivity contribution in [2.45, 2.75) is 76.1 Å². The predicted octanol–water partition coefficient (Wildman–Crippen LogP) is 3.35. The number of piperidine rings is 1. The van der Waals surface area contributed by atoms with Crippen molar-refractivity contribution in [2.24, 2.45) is 5.73 Å². The lowest BCUT2D eigenvalue weighted by Gasteiger charge is -2.40. The maximum atomic E-state index is 13.2. The van der Waals surface area contributed by atoms with Gasteiger partial charge in [-0.1, -0.05) is 6.42 Å². The van der Waals surface area contributed by atoms with Crippen LogP contribution in [0.3, 0.4) is 0 Å². The molecule has 182 valence electrons. The summed E-state index contributed by atoms with van der Waals surface area (Å²) in [7, 11) is 0. The van der Waals surface area contributed by atoms with Gasteiger partial charge in [0.1, 0.15) is 16.8 Å². The molecule has 33 heavy (non-hydrogen) atoms. The van der Waals surface area contributed by atoms with Crippen LogP contribution in [-0.2, 0) is 15.7 Å². The molecule has 11 heteroatoms. The Bertz CT molecular complexity index is 931. The number of aromatic nitrogens is 1. The largest absolute Gasteiger partial charge is 0.444 e. The molecule has 1 saturated carbocycles. The van der Waals surface area contributed by atoms with E-state index in [0.717, 1.165) is 18.6 Å². The van der Waals surface area contributed by atoms with Gasteiger partial charge in [0, 0.05) is 19.0 Å². The summed E-state index contributed by atoms with van der Waals surface area (Å²) >= 11 is 0. The van der Waals surface area contributed by atoms with Crippen molar-refractivity contribution in [1.82, 2.24) is 15.2 Å². The zero-order chi connectivity index (χ0) is 24.6. The highest BCUT2D eigenvalue weighted by atomic mass is 19.4. The number of hydrogen-bond acceptors (Lipinski definition) is 5. The molecule has 0 bridgehead atoms. The predicted molar refractivity (Wildman–Crippen MR) is 112 cm³/mol. The lowest BCUT2D eigenvalue weighted by Crippen LogP contribution is -2.63. The van der Waals surface area contributed by atoms with Crippen molar-refractivity contribution in [2.75, 3.05) is 13.1 Å². The number of carbonyl (C=O) groups excluding carboxylic acids is 3. The smallest absolute Gasteiger partial charge is 0.433 e. The van der Waals surface area contributed by atoms with Gasteiger partial charge in [-0.2, -0.15) is 13.2 Å². The number of rotatable bonds is 4. The van der Waals surface area contributed by atoms with Crippen molar-refractivity contribution >= 4 is 17.9 Å². The minimum atomic E-state index is -4.63. The molecule has 2 aliphatic rings. The first kappa shape index (κ1) is 24.8. The van der Waals surface area contributed by atoms with Gasteiger partial charge in [-0.05, 0) is 58.6 Å². The summed E-state index contributed by atoms with van der Waals surface area (Å²) in [6, 6.07) is 1.86. The highest BCUT2D eigenvalue weighted by Crippen LogP contribution is 2.39. The van der Waals surface area contributed by atoms with Crippen LogP contribution in [0.25, 0.3) is 0 Å². The average molecular weight is 470 g/mol. The van der Waals surface area contributed by atoms with Gasteiger partial charge in [-0.3, -0.25) is 9.59 Å². The van der Waals surface area contributed by atoms with E-state index in [0.29, 0.717) is 12.8 Å². The number of alkyl halides is 3. The monoisotopic (exact) mass is 470 g/mol. The number of halogens is 3. The maximum absolute atomic E-state index is 13.2. The first-order valence-electron chi connectivity index (χ1n) is 10.9. The van der Waals surface area contributed by atoms with E-state index in [1.165, 1.54) is 4.90 Å². The van der Waals surface area contributed by atoms with Crippen LogP contribution in [0.4, 0.5) is 18.0 Å². The molecule has 1 aromatic rings. The van der Waals surface area contributed by atoms with Crippen LogP contribution >= 0.6 is 0 Å². The highest BCUT2D eigenvalue weighted by Gasteiger charge is 2.44. The Hall–Kier alpha value is -2.85. The molecule has 0 radical (unpaired) electrons. The van der Waals surface area contributed by atoms with Gasteiger partial charge in [0.05, 0.1) is 11.3 Å². The lowest BCUT2D eigenvalue weighted by atomic mass is 9.80.